The fourth-order valence-corrected chi connectivity index (χ4v) is 3.05. The number of fused-ring (bicyclic) bond motifs is 1. The molecule has 0 amide bonds. The standard InChI is InChI=1S/C14H19F2N3O/c15-14(16)11-9-12-10(2-1-3-18-12)8-13(11)19(20)6-4-17-5-7-19/h8-9,14,17-18H,1-7H2. The lowest BCUT2D eigenvalue weighted by Crippen LogP contribution is -2.56. The Bertz CT molecular complexity index is 501. The Kier molecular flexibility index (Phi) is 3.62. The molecule has 2 aliphatic rings. The van der Waals surface area contributed by atoms with Crippen molar-refractivity contribution in [3.05, 3.63) is 28.5 Å². The molecule has 2 aliphatic heterocycles. The van der Waals surface area contributed by atoms with E-state index >= 15 is 0 Å². The van der Waals surface area contributed by atoms with Crippen molar-refractivity contribution in [2.45, 2.75) is 19.3 Å². The minimum absolute atomic E-state index is 0.116. The fraction of sp³-hybridized carbons (Fsp3) is 0.571. The Labute approximate surface area is 116 Å². The molecule has 3 rings (SSSR count). The third kappa shape index (κ3) is 2.39. The third-order valence-corrected chi connectivity index (χ3v) is 4.16. The Morgan fingerprint density at radius 1 is 1.15 bits per heavy atom. The van der Waals surface area contributed by atoms with Crippen LogP contribution in [-0.4, -0.2) is 32.7 Å². The van der Waals surface area contributed by atoms with Crippen LogP contribution in [0.5, 0.6) is 0 Å². The summed E-state index contributed by atoms with van der Waals surface area (Å²) in [6.45, 7) is 2.57. The van der Waals surface area contributed by atoms with E-state index in [2.05, 4.69) is 10.6 Å². The number of rotatable bonds is 2. The quantitative estimate of drug-likeness (QED) is 0.647. The van der Waals surface area contributed by atoms with E-state index in [-0.39, 0.29) is 11.3 Å². The van der Waals surface area contributed by atoms with Crippen LogP contribution < -0.4 is 15.3 Å². The summed E-state index contributed by atoms with van der Waals surface area (Å²) in [4.78, 5) is 0. The summed E-state index contributed by atoms with van der Waals surface area (Å²) in [7, 11) is 0. The van der Waals surface area contributed by atoms with Gasteiger partial charge in [0.1, 0.15) is 5.69 Å². The topological polar surface area (TPSA) is 47.1 Å². The van der Waals surface area contributed by atoms with Crippen LogP contribution in [0.25, 0.3) is 0 Å². The molecule has 0 bridgehead atoms. The molecule has 0 spiro atoms. The van der Waals surface area contributed by atoms with Crippen LogP contribution >= 0.6 is 0 Å². The van der Waals surface area contributed by atoms with Crippen LogP contribution in [0, 0.1) is 5.21 Å². The average Bonchev–Trinajstić information content (AvgIpc) is 2.46. The molecule has 1 aromatic rings. The largest absolute Gasteiger partial charge is 0.627 e. The van der Waals surface area contributed by atoms with Crippen molar-refractivity contribution in [2.24, 2.45) is 0 Å². The normalized spacial score (nSPS) is 21.4. The second kappa shape index (κ2) is 5.27. The molecular formula is C14H19F2N3O. The molecule has 0 unspecified atom stereocenters. The first-order chi connectivity index (χ1) is 9.60. The average molecular weight is 283 g/mol. The van der Waals surface area contributed by atoms with Crippen molar-refractivity contribution in [2.75, 3.05) is 38.0 Å². The van der Waals surface area contributed by atoms with Crippen molar-refractivity contribution in [3.8, 4) is 0 Å². The first kappa shape index (κ1) is 13.7. The van der Waals surface area contributed by atoms with Gasteiger partial charge in [-0.05, 0) is 24.5 Å². The smallest absolute Gasteiger partial charge is 0.269 e. The van der Waals surface area contributed by atoms with Crippen LogP contribution in [0.1, 0.15) is 24.0 Å². The molecule has 2 N–H and O–H groups in total. The van der Waals surface area contributed by atoms with Crippen molar-refractivity contribution in [1.29, 1.82) is 0 Å². The highest BCUT2D eigenvalue weighted by molar-refractivity contribution is 5.65. The summed E-state index contributed by atoms with van der Waals surface area (Å²) in [5.41, 5.74) is 1.89. The van der Waals surface area contributed by atoms with Gasteiger partial charge in [0.15, 0.2) is 0 Å². The number of nitrogens with zero attached hydrogens (tertiary/aromatic N) is 1. The Morgan fingerprint density at radius 2 is 1.90 bits per heavy atom. The van der Waals surface area contributed by atoms with Crippen LogP contribution in [-0.2, 0) is 6.42 Å². The number of benzene rings is 1. The van der Waals surface area contributed by atoms with Gasteiger partial charge in [-0.25, -0.2) is 8.78 Å². The third-order valence-electron chi connectivity index (χ3n) is 4.16. The van der Waals surface area contributed by atoms with E-state index in [4.69, 9.17) is 0 Å². The highest BCUT2D eigenvalue weighted by Gasteiger charge is 2.31. The molecule has 1 saturated heterocycles. The van der Waals surface area contributed by atoms with Gasteiger partial charge in [0.25, 0.3) is 6.43 Å². The molecule has 0 saturated carbocycles. The zero-order chi connectivity index (χ0) is 14.2. The van der Waals surface area contributed by atoms with Gasteiger partial charge in [-0.1, -0.05) is 0 Å². The van der Waals surface area contributed by atoms with Gasteiger partial charge in [0.05, 0.1) is 18.7 Å². The lowest BCUT2D eigenvalue weighted by atomic mass is 9.98. The van der Waals surface area contributed by atoms with Crippen LogP contribution in [0.15, 0.2) is 12.1 Å². The Morgan fingerprint density at radius 3 is 2.60 bits per heavy atom. The number of alkyl halides is 2. The minimum atomic E-state index is -2.61. The van der Waals surface area contributed by atoms with E-state index in [1.54, 1.807) is 6.07 Å². The van der Waals surface area contributed by atoms with Gasteiger partial charge < -0.3 is 20.5 Å². The summed E-state index contributed by atoms with van der Waals surface area (Å²) in [6, 6.07) is 3.19. The lowest BCUT2D eigenvalue weighted by Gasteiger charge is -2.46. The number of hydroxylamine groups is 2. The highest BCUT2D eigenvalue weighted by Crippen LogP contribution is 2.39. The summed E-state index contributed by atoms with van der Waals surface area (Å²) in [5.74, 6) is 0. The van der Waals surface area contributed by atoms with E-state index < -0.39 is 11.1 Å². The van der Waals surface area contributed by atoms with Gasteiger partial charge in [0.2, 0.25) is 0 Å². The van der Waals surface area contributed by atoms with Crippen molar-refractivity contribution in [3.63, 3.8) is 0 Å². The number of nitrogens with one attached hydrogen (secondary N) is 2. The molecule has 0 aliphatic carbocycles. The molecule has 20 heavy (non-hydrogen) atoms. The minimum Gasteiger partial charge on any atom is -0.627 e. The molecule has 4 nitrogen and oxygen atoms in total. The predicted octanol–water partition coefficient (Wildman–Crippen LogP) is 2.39. The second-order valence-corrected chi connectivity index (χ2v) is 5.49. The van der Waals surface area contributed by atoms with E-state index in [0.29, 0.717) is 26.2 Å². The zero-order valence-electron chi connectivity index (χ0n) is 11.3. The molecule has 110 valence electrons. The SMILES string of the molecule is [O-][N+]1(c2cc3c(cc2C(F)F)NCCC3)CCNCC1. The first-order valence-corrected chi connectivity index (χ1v) is 7.08. The number of piperazine rings is 1. The number of halogens is 2. The van der Waals surface area contributed by atoms with Gasteiger partial charge in [-0.2, -0.15) is 0 Å². The van der Waals surface area contributed by atoms with Crippen LogP contribution in [0.4, 0.5) is 20.2 Å². The van der Waals surface area contributed by atoms with Gasteiger partial charge in [-0.15, -0.1) is 0 Å². The maximum Gasteiger partial charge on any atom is 0.269 e. The lowest BCUT2D eigenvalue weighted by molar-refractivity contribution is 0.148. The summed E-state index contributed by atoms with van der Waals surface area (Å²) >= 11 is 0. The van der Waals surface area contributed by atoms with Gasteiger partial charge >= 0.3 is 0 Å². The predicted molar refractivity (Wildman–Crippen MR) is 76.0 cm³/mol. The summed E-state index contributed by atoms with van der Waals surface area (Å²) in [6.07, 6.45) is -0.796. The monoisotopic (exact) mass is 283 g/mol. The van der Waals surface area contributed by atoms with E-state index in [0.717, 1.165) is 30.6 Å². The Balaban J connectivity index is 2.07. The van der Waals surface area contributed by atoms with E-state index in [9.17, 15) is 14.0 Å². The molecule has 1 aromatic carbocycles. The van der Waals surface area contributed by atoms with Gasteiger partial charge in [0, 0.05) is 31.4 Å². The fourth-order valence-electron chi connectivity index (χ4n) is 3.05. The zero-order valence-corrected chi connectivity index (χ0v) is 11.3. The summed E-state index contributed by atoms with van der Waals surface area (Å²) in [5, 5.41) is 19.1. The molecule has 0 aromatic heterocycles. The molecule has 0 radical (unpaired) electrons. The van der Waals surface area contributed by atoms with Gasteiger partial charge in [-0.3, -0.25) is 0 Å². The number of quaternary nitrogens is 1. The molecule has 0 atom stereocenters. The maximum atomic E-state index is 13.3. The van der Waals surface area contributed by atoms with Crippen LogP contribution in [0.3, 0.4) is 0 Å². The molecule has 2 heterocycles. The number of anilines is 1. The maximum absolute atomic E-state index is 13.3. The van der Waals surface area contributed by atoms with Crippen molar-refractivity contribution in [1.82, 2.24) is 9.96 Å². The van der Waals surface area contributed by atoms with E-state index in [1.807, 2.05) is 0 Å². The highest BCUT2D eigenvalue weighted by atomic mass is 19.3. The number of hydrogen-bond acceptors (Lipinski definition) is 3. The second-order valence-electron chi connectivity index (χ2n) is 5.49. The Hall–Kier alpha value is -1.24. The molecule has 6 heteroatoms. The van der Waals surface area contributed by atoms with E-state index in [1.165, 1.54) is 6.07 Å². The first-order valence-electron chi connectivity index (χ1n) is 7.08. The molecule has 1 fully saturated rings. The number of hydrogen-bond donors (Lipinski definition) is 2. The van der Waals surface area contributed by atoms with Crippen molar-refractivity contribution >= 4 is 11.4 Å². The molecular weight excluding hydrogens is 264 g/mol. The van der Waals surface area contributed by atoms with Crippen molar-refractivity contribution < 1.29 is 8.78 Å². The number of aryl methyl sites for hydroxylation is 1. The van der Waals surface area contributed by atoms with Crippen LogP contribution in [0.2, 0.25) is 0 Å². The summed E-state index contributed by atoms with van der Waals surface area (Å²) < 4.78 is 26.0.